The summed E-state index contributed by atoms with van der Waals surface area (Å²) in [5, 5.41) is 9.73. The largest absolute Gasteiger partial charge is 0.479 e. The van der Waals surface area contributed by atoms with Gasteiger partial charge in [0.1, 0.15) is 0 Å². The van der Waals surface area contributed by atoms with E-state index in [9.17, 15) is 9.90 Å². The fourth-order valence-corrected chi connectivity index (χ4v) is 2.69. The number of hydrogen-bond acceptors (Lipinski definition) is 2. The van der Waals surface area contributed by atoms with E-state index in [1.807, 2.05) is 67.6 Å². The lowest BCUT2D eigenvalue weighted by Gasteiger charge is -2.34. The normalized spacial score (nSPS) is 13.9. The van der Waals surface area contributed by atoms with Crippen molar-refractivity contribution >= 4 is 5.97 Å². The summed E-state index contributed by atoms with van der Waals surface area (Å²) in [4.78, 5) is 11.9. The Morgan fingerprint density at radius 3 is 1.81 bits per heavy atom. The molecule has 110 valence electrons. The van der Waals surface area contributed by atoms with Gasteiger partial charge in [0.15, 0.2) is 5.60 Å². The molecule has 0 saturated heterocycles. The highest BCUT2D eigenvalue weighted by molar-refractivity contribution is 5.79. The fourth-order valence-electron chi connectivity index (χ4n) is 2.69. The van der Waals surface area contributed by atoms with Crippen LogP contribution in [-0.2, 0) is 9.53 Å². The molecule has 0 aromatic heterocycles. The molecule has 0 spiro atoms. The lowest BCUT2D eigenvalue weighted by molar-refractivity contribution is -0.165. The zero-order chi connectivity index (χ0) is 15.3. The average Bonchev–Trinajstić information content (AvgIpc) is 2.50. The van der Waals surface area contributed by atoms with Gasteiger partial charge in [-0.1, -0.05) is 60.7 Å². The van der Waals surface area contributed by atoms with E-state index >= 15 is 0 Å². The Morgan fingerprint density at radius 1 is 1.05 bits per heavy atom. The Kier molecular flexibility index (Phi) is 4.76. The molecule has 0 bridgehead atoms. The number of carbonyl (C=O) groups is 1. The predicted molar refractivity (Wildman–Crippen MR) is 82.4 cm³/mol. The third-order valence-corrected chi connectivity index (χ3v) is 3.69. The standard InChI is InChI=1S/C18H20O3/c1-3-21-18(2,17(19)20)16(14-10-6-4-7-11-14)15-12-8-5-9-13-15/h4-13,16H,3H2,1-2H3,(H,19,20). The molecule has 2 rings (SSSR count). The van der Waals surface area contributed by atoms with Gasteiger partial charge in [-0.2, -0.15) is 0 Å². The minimum Gasteiger partial charge on any atom is -0.479 e. The monoisotopic (exact) mass is 284 g/mol. The highest BCUT2D eigenvalue weighted by Crippen LogP contribution is 2.37. The Labute approximate surface area is 125 Å². The van der Waals surface area contributed by atoms with Gasteiger partial charge in [-0.15, -0.1) is 0 Å². The van der Waals surface area contributed by atoms with E-state index in [1.54, 1.807) is 6.92 Å². The maximum atomic E-state index is 11.9. The zero-order valence-electron chi connectivity index (χ0n) is 12.3. The van der Waals surface area contributed by atoms with Crippen LogP contribution in [-0.4, -0.2) is 23.3 Å². The molecule has 0 aliphatic heterocycles. The number of ether oxygens (including phenoxy) is 1. The van der Waals surface area contributed by atoms with Gasteiger partial charge in [0.2, 0.25) is 0 Å². The summed E-state index contributed by atoms with van der Waals surface area (Å²) in [6.07, 6.45) is 0. The Bertz CT molecular complexity index is 540. The third kappa shape index (κ3) is 3.14. The molecule has 0 amide bonds. The molecule has 0 aliphatic carbocycles. The Hall–Kier alpha value is -2.13. The van der Waals surface area contributed by atoms with Crippen molar-refractivity contribution < 1.29 is 14.6 Å². The first-order valence-electron chi connectivity index (χ1n) is 7.07. The lowest BCUT2D eigenvalue weighted by Crippen LogP contribution is -2.44. The molecular weight excluding hydrogens is 264 g/mol. The Balaban J connectivity index is 2.58. The Morgan fingerprint density at radius 2 is 1.48 bits per heavy atom. The molecule has 2 aromatic rings. The third-order valence-electron chi connectivity index (χ3n) is 3.69. The second kappa shape index (κ2) is 6.55. The zero-order valence-corrected chi connectivity index (χ0v) is 12.3. The SMILES string of the molecule is CCOC(C)(C(=O)O)C(c1ccccc1)c1ccccc1. The number of rotatable bonds is 6. The summed E-state index contributed by atoms with van der Waals surface area (Å²) >= 11 is 0. The van der Waals surface area contributed by atoms with E-state index in [-0.39, 0.29) is 5.92 Å². The van der Waals surface area contributed by atoms with E-state index < -0.39 is 11.6 Å². The first-order chi connectivity index (χ1) is 10.1. The molecule has 0 heterocycles. The first kappa shape index (κ1) is 15.3. The van der Waals surface area contributed by atoms with Crippen LogP contribution in [0.3, 0.4) is 0 Å². The molecular formula is C18H20O3. The van der Waals surface area contributed by atoms with Crippen LogP contribution in [0.25, 0.3) is 0 Å². The molecule has 0 fully saturated rings. The van der Waals surface area contributed by atoms with E-state index in [0.717, 1.165) is 11.1 Å². The topological polar surface area (TPSA) is 46.5 Å². The van der Waals surface area contributed by atoms with Gasteiger partial charge in [0.05, 0.1) is 0 Å². The van der Waals surface area contributed by atoms with Crippen molar-refractivity contribution in [1.82, 2.24) is 0 Å². The van der Waals surface area contributed by atoms with Gasteiger partial charge in [-0.05, 0) is 25.0 Å². The predicted octanol–water partition coefficient (Wildman–Crippen LogP) is 3.70. The molecule has 0 aliphatic rings. The van der Waals surface area contributed by atoms with Crippen molar-refractivity contribution in [3.05, 3.63) is 71.8 Å². The minimum atomic E-state index is -1.31. The molecule has 1 atom stereocenters. The van der Waals surface area contributed by atoms with Crippen LogP contribution in [0.5, 0.6) is 0 Å². The van der Waals surface area contributed by atoms with Crippen molar-refractivity contribution in [2.45, 2.75) is 25.4 Å². The van der Waals surface area contributed by atoms with Gasteiger partial charge in [-0.3, -0.25) is 0 Å². The van der Waals surface area contributed by atoms with Crippen molar-refractivity contribution in [3.8, 4) is 0 Å². The lowest BCUT2D eigenvalue weighted by atomic mass is 9.78. The van der Waals surface area contributed by atoms with Gasteiger partial charge >= 0.3 is 5.97 Å². The quantitative estimate of drug-likeness (QED) is 0.879. The average molecular weight is 284 g/mol. The van der Waals surface area contributed by atoms with E-state index in [4.69, 9.17) is 4.74 Å². The van der Waals surface area contributed by atoms with Crippen LogP contribution in [0.4, 0.5) is 0 Å². The summed E-state index contributed by atoms with van der Waals surface area (Å²) < 4.78 is 5.66. The molecule has 3 heteroatoms. The summed E-state index contributed by atoms with van der Waals surface area (Å²) in [7, 11) is 0. The molecule has 0 radical (unpaired) electrons. The number of carboxylic acid groups (broad SMARTS) is 1. The van der Waals surface area contributed by atoms with Crippen LogP contribution in [0.2, 0.25) is 0 Å². The number of aliphatic carboxylic acids is 1. The van der Waals surface area contributed by atoms with Gasteiger partial charge in [0.25, 0.3) is 0 Å². The molecule has 21 heavy (non-hydrogen) atoms. The number of benzene rings is 2. The van der Waals surface area contributed by atoms with E-state index in [1.165, 1.54) is 0 Å². The van der Waals surface area contributed by atoms with Gasteiger partial charge < -0.3 is 9.84 Å². The van der Waals surface area contributed by atoms with Crippen LogP contribution in [0.1, 0.15) is 30.9 Å². The maximum absolute atomic E-state index is 11.9. The number of carboxylic acids is 1. The summed E-state index contributed by atoms with van der Waals surface area (Å²) in [6, 6.07) is 19.3. The van der Waals surface area contributed by atoms with Crippen molar-refractivity contribution in [3.63, 3.8) is 0 Å². The van der Waals surface area contributed by atoms with E-state index in [0.29, 0.717) is 6.61 Å². The molecule has 3 nitrogen and oxygen atoms in total. The molecule has 0 saturated carbocycles. The van der Waals surface area contributed by atoms with E-state index in [2.05, 4.69) is 0 Å². The van der Waals surface area contributed by atoms with Crippen molar-refractivity contribution in [1.29, 1.82) is 0 Å². The van der Waals surface area contributed by atoms with Gasteiger partial charge in [0, 0.05) is 12.5 Å². The van der Waals surface area contributed by atoms with Gasteiger partial charge in [-0.25, -0.2) is 4.79 Å². The van der Waals surface area contributed by atoms with Crippen molar-refractivity contribution in [2.75, 3.05) is 6.61 Å². The molecule has 2 aromatic carbocycles. The van der Waals surface area contributed by atoms with Crippen molar-refractivity contribution in [2.24, 2.45) is 0 Å². The summed E-state index contributed by atoms with van der Waals surface area (Å²) in [6.45, 7) is 3.80. The molecule has 1 unspecified atom stereocenters. The maximum Gasteiger partial charge on any atom is 0.336 e. The second-order valence-corrected chi connectivity index (χ2v) is 5.10. The van der Waals surface area contributed by atoms with Crippen LogP contribution in [0, 0.1) is 0 Å². The van der Waals surface area contributed by atoms with Crippen LogP contribution >= 0.6 is 0 Å². The number of hydrogen-bond donors (Lipinski definition) is 1. The minimum absolute atomic E-state index is 0.346. The van der Waals surface area contributed by atoms with Crippen LogP contribution < -0.4 is 0 Å². The summed E-state index contributed by atoms with van der Waals surface area (Å²) in [5.74, 6) is -1.32. The first-order valence-corrected chi connectivity index (χ1v) is 7.07. The highest BCUT2D eigenvalue weighted by atomic mass is 16.5. The smallest absolute Gasteiger partial charge is 0.336 e. The summed E-state index contributed by atoms with van der Waals surface area (Å²) in [5.41, 5.74) is 0.557. The van der Waals surface area contributed by atoms with Crippen LogP contribution in [0.15, 0.2) is 60.7 Å². The molecule has 1 N–H and O–H groups in total. The second-order valence-electron chi connectivity index (χ2n) is 5.10. The fraction of sp³-hybridized carbons (Fsp3) is 0.278. The highest BCUT2D eigenvalue weighted by Gasteiger charge is 2.44.